The van der Waals surface area contributed by atoms with Gasteiger partial charge in [0, 0.05) is 29.7 Å². The molecule has 0 unspecified atom stereocenters. The van der Waals surface area contributed by atoms with Gasteiger partial charge >= 0.3 is 0 Å². The molecule has 3 rings (SSSR count). The Kier molecular flexibility index (Phi) is 5.64. The number of nitrogens with zero attached hydrogens (tertiary/aromatic N) is 3. The van der Waals surface area contributed by atoms with Crippen LogP contribution in [-0.2, 0) is 4.79 Å². The van der Waals surface area contributed by atoms with E-state index >= 15 is 0 Å². The number of carbonyl (C=O) groups excluding carboxylic acids is 2. The first-order valence-corrected chi connectivity index (χ1v) is 8.73. The van der Waals surface area contributed by atoms with Crippen LogP contribution >= 0.6 is 0 Å². The number of carbonyl (C=O) groups is 2. The van der Waals surface area contributed by atoms with E-state index in [0.717, 1.165) is 31.4 Å². The Morgan fingerprint density at radius 1 is 1.23 bits per heavy atom. The average Bonchev–Trinajstić information content (AvgIpc) is 3.21. The predicted molar refractivity (Wildman–Crippen MR) is 95.4 cm³/mol. The first-order valence-electron chi connectivity index (χ1n) is 8.73. The van der Waals surface area contributed by atoms with Crippen molar-refractivity contribution in [2.75, 3.05) is 6.54 Å². The molecule has 0 aliphatic heterocycles. The smallest absolute Gasteiger partial charge is 0.251 e. The normalized spacial score (nSPS) is 19.3. The van der Waals surface area contributed by atoms with Gasteiger partial charge in [-0.05, 0) is 37.1 Å². The number of amides is 2. The van der Waals surface area contributed by atoms with Gasteiger partial charge in [-0.15, -0.1) is 0 Å². The van der Waals surface area contributed by atoms with Crippen molar-refractivity contribution in [1.82, 2.24) is 20.2 Å². The standard InChI is InChI=1S/C19H21N5O2/c20-9-10-22-19(26)16-3-1-2-4-17(16)23-18(25)14-5-7-15(8-6-14)24-12-11-21-13-24/h5-8,11-13,16-17H,1-4,10H2,(H,22,26)(H,23,25)/t16-,17+/m1/s1. The molecule has 1 aliphatic carbocycles. The van der Waals surface area contributed by atoms with E-state index in [0.29, 0.717) is 5.56 Å². The fraction of sp³-hybridized carbons (Fsp3) is 0.368. The van der Waals surface area contributed by atoms with Crippen LogP contribution in [0.4, 0.5) is 0 Å². The lowest BCUT2D eigenvalue weighted by atomic mass is 9.83. The maximum absolute atomic E-state index is 12.6. The molecule has 2 atom stereocenters. The summed E-state index contributed by atoms with van der Waals surface area (Å²) in [7, 11) is 0. The third kappa shape index (κ3) is 4.09. The third-order valence-corrected chi connectivity index (χ3v) is 4.69. The summed E-state index contributed by atoms with van der Waals surface area (Å²) in [5.74, 6) is -0.634. The molecule has 26 heavy (non-hydrogen) atoms. The average molecular weight is 351 g/mol. The van der Waals surface area contributed by atoms with Gasteiger partial charge < -0.3 is 15.2 Å². The summed E-state index contributed by atoms with van der Waals surface area (Å²) in [6, 6.07) is 8.94. The lowest BCUT2D eigenvalue weighted by Crippen LogP contribution is -2.48. The zero-order chi connectivity index (χ0) is 18.4. The summed E-state index contributed by atoms with van der Waals surface area (Å²) in [6.45, 7) is -0.00822. The Balaban J connectivity index is 1.65. The Morgan fingerprint density at radius 2 is 2.00 bits per heavy atom. The molecule has 0 radical (unpaired) electrons. The zero-order valence-electron chi connectivity index (χ0n) is 14.4. The number of benzene rings is 1. The second-order valence-corrected chi connectivity index (χ2v) is 6.36. The highest BCUT2D eigenvalue weighted by Gasteiger charge is 2.32. The van der Waals surface area contributed by atoms with Crippen molar-refractivity contribution < 1.29 is 9.59 Å². The molecule has 0 saturated heterocycles. The fourth-order valence-electron chi connectivity index (χ4n) is 3.32. The van der Waals surface area contributed by atoms with Gasteiger partial charge in [-0.2, -0.15) is 5.26 Å². The molecule has 1 aromatic heterocycles. The van der Waals surface area contributed by atoms with Gasteiger partial charge in [-0.25, -0.2) is 4.98 Å². The Bertz CT molecular complexity index is 792. The van der Waals surface area contributed by atoms with Gasteiger partial charge in [0.15, 0.2) is 0 Å². The summed E-state index contributed by atoms with van der Waals surface area (Å²) in [5, 5.41) is 14.2. The van der Waals surface area contributed by atoms with E-state index in [9.17, 15) is 9.59 Å². The lowest BCUT2D eigenvalue weighted by Gasteiger charge is -2.31. The quantitative estimate of drug-likeness (QED) is 0.802. The summed E-state index contributed by atoms with van der Waals surface area (Å²) < 4.78 is 1.86. The number of aromatic nitrogens is 2. The minimum absolute atomic E-state index is 0.00822. The maximum Gasteiger partial charge on any atom is 0.251 e. The highest BCUT2D eigenvalue weighted by molar-refractivity contribution is 5.95. The van der Waals surface area contributed by atoms with Crippen molar-refractivity contribution in [1.29, 1.82) is 5.26 Å². The minimum atomic E-state index is -0.286. The second kappa shape index (κ2) is 8.30. The van der Waals surface area contributed by atoms with E-state index in [1.165, 1.54) is 0 Å². The van der Waals surface area contributed by atoms with Crippen molar-refractivity contribution >= 4 is 11.8 Å². The monoisotopic (exact) mass is 351 g/mol. The van der Waals surface area contributed by atoms with Crippen LogP contribution in [-0.4, -0.2) is 34.0 Å². The molecule has 2 aromatic rings. The Labute approximate surface area is 152 Å². The summed E-state index contributed by atoms with van der Waals surface area (Å²) in [4.78, 5) is 28.8. The highest BCUT2D eigenvalue weighted by atomic mass is 16.2. The summed E-state index contributed by atoms with van der Waals surface area (Å²) in [6.07, 6.45) is 8.65. The Morgan fingerprint density at radius 3 is 2.69 bits per heavy atom. The van der Waals surface area contributed by atoms with Crippen LogP contribution in [0.25, 0.3) is 5.69 Å². The lowest BCUT2D eigenvalue weighted by molar-refractivity contribution is -0.126. The molecule has 0 bridgehead atoms. The van der Waals surface area contributed by atoms with Gasteiger partial charge in [-0.3, -0.25) is 9.59 Å². The van der Waals surface area contributed by atoms with E-state index < -0.39 is 0 Å². The van der Waals surface area contributed by atoms with Gasteiger partial charge in [0.2, 0.25) is 5.91 Å². The molecule has 1 saturated carbocycles. The fourth-order valence-corrected chi connectivity index (χ4v) is 3.32. The molecule has 134 valence electrons. The molecule has 1 aliphatic rings. The molecular weight excluding hydrogens is 330 g/mol. The van der Waals surface area contributed by atoms with Crippen molar-refractivity contribution in [3.63, 3.8) is 0 Å². The first-order chi connectivity index (χ1) is 12.7. The van der Waals surface area contributed by atoms with Crippen LogP contribution in [0.1, 0.15) is 36.0 Å². The van der Waals surface area contributed by atoms with Crippen molar-refractivity contribution in [3.8, 4) is 11.8 Å². The third-order valence-electron chi connectivity index (χ3n) is 4.69. The van der Waals surface area contributed by atoms with Crippen LogP contribution in [0.3, 0.4) is 0 Å². The molecule has 7 heteroatoms. The maximum atomic E-state index is 12.6. The van der Waals surface area contributed by atoms with Crippen molar-refractivity contribution in [2.45, 2.75) is 31.7 Å². The number of nitrogens with one attached hydrogen (secondary N) is 2. The van der Waals surface area contributed by atoms with E-state index in [4.69, 9.17) is 5.26 Å². The van der Waals surface area contributed by atoms with Crippen molar-refractivity contribution in [3.05, 3.63) is 48.5 Å². The van der Waals surface area contributed by atoms with Crippen LogP contribution in [0.15, 0.2) is 43.0 Å². The Hall–Kier alpha value is -3.14. The molecule has 0 spiro atoms. The number of imidazole rings is 1. The molecule has 2 amide bonds. The van der Waals surface area contributed by atoms with Crippen LogP contribution in [0.2, 0.25) is 0 Å². The van der Waals surface area contributed by atoms with Gasteiger partial charge in [0.05, 0.1) is 18.3 Å². The van der Waals surface area contributed by atoms with E-state index in [1.807, 2.05) is 29.0 Å². The molecule has 2 N–H and O–H groups in total. The molecule has 1 aromatic carbocycles. The summed E-state index contributed by atoms with van der Waals surface area (Å²) in [5.41, 5.74) is 1.47. The number of nitriles is 1. The minimum Gasteiger partial charge on any atom is -0.349 e. The van der Waals surface area contributed by atoms with Gasteiger partial charge in [0.25, 0.3) is 5.91 Å². The molecule has 7 nitrogen and oxygen atoms in total. The molecular formula is C19H21N5O2. The largest absolute Gasteiger partial charge is 0.349 e. The van der Waals surface area contributed by atoms with Crippen molar-refractivity contribution in [2.24, 2.45) is 5.92 Å². The topological polar surface area (TPSA) is 99.8 Å². The van der Waals surface area contributed by atoms with E-state index in [2.05, 4.69) is 15.6 Å². The molecule has 1 heterocycles. The predicted octanol–water partition coefficient (Wildman–Crippen LogP) is 1.80. The summed E-state index contributed by atoms with van der Waals surface area (Å²) >= 11 is 0. The first kappa shape index (κ1) is 17.7. The van der Waals surface area contributed by atoms with Crippen LogP contribution in [0.5, 0.6) is 0 Å². The number of rotatable bonds is 5. The zero-order valence-corrected chi connectivity index (χ0v) is 14.4. The molecule has 1 fully saturated rings. The van der Waals surface area contributed by atoms with Crippen LogP contribution in [0, 0.1) is 17.2 Å². The number of hydrogen-bond donors (Lipinski definition) is 2. The SMILES string of the molecule is N#CCNC(=O)[C@@H]1CCCC[C@@H]1NC(=O)c1ccc(-n2ccnc2)cc1. The van der Waals surface area contributed by atoms with E-state index in [1.54, 1.807) is 24.7 Å². The number of hydrogen-bond acceptors (Lipinski definition) is 4. The highest BCUT2D eigenvalue weighted by Crippen LogP contribution is 2.25. The van der Waals surface area contributed by atoms with Gasteiger partial charge in [0.1, 0.15) is 6.54 Å². The van der Waals surface area contributed by atoms with Gasteiger partial charge in [-0.1, -0.05) is 12.8 Å². The van der Waals surface area contributed by atoms with E-state index in [-0.39, 0.29) is 30.3 Å². The second-order valence-electron chi connectivity index (χ2n) is 6.36. The van der Waals surface area contributed by atoms with Crippen LogP contribution < -0.4 is 10.6 Å².